The van der Waals surface area contributed by atoms with E-state index in [0.717, 1.165) is 5.56 Å². The summed E-state index contributed by atoms with van der Waals surface area (Å²) in [7, 11) is 6.09. The molecule has 0 spiro atoms. The number of aromatic nitrogens is 1. The largest absolute Gasteiger partial charge is 0.472 e. The molecule has 0 saturated heterocycles. The average molecular weight is 511 g/mol. The van der Waals surface area contributed by atoms with Crippen molar-refractivity contribution in [1.82, 2.24) is 15.2 Å². The van der Waals surface area contributed by atoms with E-state index in [9.17, 15) is 9.59 Å². The number of likely N-dealkylation sites (N-methyl/N-ethyl adjacent to an activating group) is 1. The summed E-state index contributed by atoms with van der Waals surface area (Å²) in [6.07, 6.45) is 0.346. The van der Waals surface area contributed by atoms with Crippen molar-refractivity contribution in [2.75, 3.05) is 28.3 Å². The van der Waals surface area contributed by atoms with Crippen molar-refractivity contribution in [3.8, 4) is 5.88 Å². The summed E-state index contributed by atoms with van der Waals surface area (Å²) in [6, 6.07) is 18.1. The zero-order valence-electron chi connectivity index (χ0n) is 20.4. The van der Waals surface area contributed by atoms with Crippen LogP contribution < -0.4 is 10.1 Å². The van der Waals surface area contributed by atoms with Crippen LogP contribution in [0.3, 0.4) is 0 Å². The number of benzene rings is 2. The fraction of sp³-hybridized carbons (Fsp3) is 0.231. The van der Waals surface area contributed by atoms with E-state index in [1.165, 1.54) is 19.1 Å². The van der Waals surface area contributed by atoms with Crippen LogP contribution in [0, 0.1) is 0 Å². The number of amides is 2. The van der Waals surface area contributed by atoms with Gasteiger partial charge in [0.15, 0.2) is 11.8 Å². The minimum absolute atomic E-state index is 0.0691. The molecule has 1 unspecified atom stereocenters. The second kappa shape index (κ2) is 12.6. The van der Waals surface area contributed by atoms with Gasteiger partial charge in [-0.1, -0.05) is 71.4 Å². The van der Waals surface area contributed by atoms with Crippen LogP contribution in [0.25, 0.3) is 0 Å². The minimum atomic E-state index is -0.707. The van der Waals surface area contributed by atoms with E-state index in [0.29, 0.717) is 16.7 Å². The molecule has 0 fully saturated rings. The predicted molar refractivity (Wildman–Crippen MR) is 136 cm³/mol. The molecule has 3 aromatic rings. The predicted octanol–water partition coefficient (Wildman–Crippen LogP) is 4.20. The van der Waals surface area contributed by atoms with Gasteiger partial charge in [0.05, 0.1) is 0 Å². The van der Waals surface area contributed by atoms with Crippen LogP contribution in [0.15, 0.2) is 72.0 Å². The summed E-state index contributed by atoms with van der Waals surface area (Å²) >= 11 is 6.50. The molecule has 3 rings (SSSR count). The molecule has 0 aliphatic carbocycles. The van der Waals surface area contributed by atoms with Gasteiger partial charge in [0.25, 0.3) is 5.91 Å². The second-order valence-electron chi connectivity index (χ2n) is 7.77. The van der Waals surface area contributed by atoms with Gasteiger partial charge in [-0.3, -0.25) is 4.79 Å². The molecular weight excluding hydrogens is 484 g/mol. The molecule has 0 aliphatic rings. The number of carbonyl (C=O) groups is 2. The fourth-order valence-corrected chi connectivity index (χ4v) is 3.53. The Kier molecular flexibility index (Phi) is 9.24. The number of nitrogens with one attached hydrogen (secondary N) is 1. The lowest BCUT2D eigenvalue weighted by Gasteiger charge is -2.21. The van der Waals surface area contributed by atoms with Crippen LogP contribution >= 0.6 is 11.6 Å². The van der Waals surface area contributed by atoms with E-state index in [2.05, 4.69) is 15.5 Å². The zero-order chi connectivity index (χ0) is 26.1. The highest BCUT2D eigenvalue weighted by atomic mass is 35.5. The standard InChI is InChI=1S/C26H27ClN4O5/c1-28-24(32)22(30-34-4)20-13-9-8-12-18(20)16-35-25-21(27)14-19(15-29-25)23(36-26(33)31(2)3)17-10-6-5-7-11-17/h5-15,23H,16H2,1-4H3,(H,28,32)/b30-22+. The topological polar surface area (TPSA) is 102 Å². The van der Waals surface area contributed by atoms with E-state index >= 15 is 0 Å². The Bertz CT molecular complexity index is 1230. The number of rotatable bonds is 9. The first-order valence-corrected chi connectivity index (χ1v) is 11.4. The van der Waals surface area contributed by atoms with E-state index in [-0.39, 0.29) is 23.2 Å². The number of ether oxygens (including phenoxy) is 2. The number of carbonyl (C=O) groups excluding carboxylic acids is 2. The summed E-state index contributed by atoms with van der Waals surface area (Å²) in [5, 5.41) is 6.64. The maximum atomic E-state index is 12.3. The van der Waals surface area contributed by atoms with Gasteiger partial charge in [0.1, 0.15) is 18.7 Å². The van der Waals surface area contributed by atoms with Crippen LogP contribution in [0.1, 0.15) is 28.4 Å². The monoisotopic (exact) mass is 510 g/mol. The SMILES string of the molecule is CNC(=O)/C(=N/OC)c1ccccc1COc1ncc(C(OC(=O)N(C)C)c2ccccc2)cc1Cl. The van der Waals surface area contributed by atoms with Crippen LogP contribution in [-0.2, 0) is 21.0 Å². The van der Waals surface area contributed by atoms with E-state index in [4.69, 9.17) is 25.9 Å². The molecule has 10 heteroatoms. The second-order valence-corrected chi connectivity index (χ2v) is 8.18. The van der Waals surface area contributed by atoms with Gasteiger partial charge in [-0.2, -0.15) is 0 Å². The number of pyridine rings is 1. The molecule has 0 radical (unpaired) electrons. The summed E-state index contributed by atoms with van der Waals surface area (Å²) in [5.74, 6) is -0.213. The quantitative estimate of drug-likeness (QED) is 0.342. The summed E-state index contributed by atoms with van der Waals surface area (Å²) in [4.78, 5) is 35.1. The number of hydrogen-bond donors (Lipinski definition) is 1. The first-order valence-electron chi connectivity index (χ1n) is 11.0. The van der Waals surface area contributed by atoms with E-state index in [1.54, 1.807) is 44.6 Å². The van der Waals surface area contributed by atoms with Gasteiger partial charge in [0.2, 0.25) is 5.88 Å². The van der Waals surface area contributed by atoms with E-state index in [1.807, 2.05) is 36.4 Å². The van der Waals surface area contributed by atoms with Crippen LogP contribution in [0.4, 0.5) is 4.79 Å². The molecule has 1 heterocycles. The highest BCUT2D eigenvalue weighted by molar-refractivity contribution is 6.45. The van der Waals surface area contributed by atoms with E-state index < -0.39 is 18.1 Å². The van der Waals surface area contributed by atoms with Crippen molar-refractivity contribution in [2.45, 2.75) is 12.7 Å². The van der Waals surface area contributed by atoms with Crippen molar-refractivity contribution in [3.63, 3.8) is 0 Å². The zero-order valence-corrected chi connectivity index (χ0v) is 21.2. The molecule has 0 bridgehead atoms. The molecule has 1 aromatic heterocycles. The number of hydrogen-bond acceptors (Lipinski definition) is 7. The Labute approximate surface area is 214 Å². The van der Waals surface area contributed by atoms with Crippen molar-refractivity contribution < 1.29 is 23.9 Å². The smallest absolute Gasteiger partial charge is 0.410 e. The Morgan fingerprint density at radius 2 is 1.78 bits per heavy atom. The lowest BCUT2D eigenvalue weighted by atomic mass is 10.0. The van der Waals surface area contributed by atoms with Gasteiger partial charge in [-0.15, -0.1) is 0 Å². The molecule has 2 aromatic carbocycles. The fourth-order valence-electron chi connectivity index (χ4n) is 3.30. The van der Waals surface area contributed by atoms with Gasteiger partial charge in [-0.25, -0.2) is 9.78 Å². The minimum Gasteiger partial charge on any atom is -0.472 e. The molecule has 188 valence electrons. The lowest BCUT2D eigenvalue weighted by Crippen LogP contribution is -2.29. The highest BCUT2D eigenvalue weighted by Crippen LogP contribution is 2.31. The van der Waals surface area contributed by atoms with Gasteiger partial charge >= 0.3 is 6.09 Å². The molecular formula is C26H27ClN4O5. The van der Waals surface area contributed by atoms with Gasteiger partial charge < -0.3 is 24.5 Å². The van der Waals surface area contributed by atoms with Gasteiger partial charge in [0, 0.05) is 38.5 Å². The Balaban J connectivity index is 1.86. The Morgan fingerprint density at radius 1 is 1.08 bits per heavy atom. The Morgan fingerprint density at radius 3 is 2.42 bits per heavy atom. The molecule has 36 heavy (non-hydrogen) atoms. The summed E-state index contributed by atoms with van der Waals surface area (Å²) in [6.45, 7) is 0.0691. The maximum Gasteiger partial charge on any atom is 0.410 e. The Hall–Kier alpha value is -4.11. The molecule has 9 nitrogen and oxygen atoms in total. The molecule has 1 N–H and O–H groups in total. The molecule has 2 amide bonds. The van der Waals surface area contributed by atoms with Crippen molar-refractivity contribution in [3.05, 3.63) is 94.1 Å². The third-order valence-electron chi connectivity index (χ3n) is 5.08. The maximum absolute atomic E-state index is 12.3. The lowest BCUT2D eigenvalue weighted by molar-refractivity contribution is -0.114. The van der Waals surface area contributed by atoms with Crippen molar-refractivity contribution in [1.29, 1.82) is 0 Å². The van der Waals surface area contributed by atoms with Gasteiger partial charge in [-0.05, 0) is 17.2 Å². The first-order chi connectivity index (χ1) is 17.3. The third kappa shape index (κ3) is 6.51. The van der Waals surface area contributed by atoms with Crippen LogP contribution in [0.5, 0.6) is 5.88 Å². The van der Waals surface area contributed by atoms with Crippen molar-refractivity contribution >= 4 is 29.3 Å². The molecule has 0 saturated carbocycles. The van der Waals surface area contributed by atoms with Crippen molar-refractivity contribution in [2.24, 2.45) is 5.16 Å². The number of nitrogens with zero attached hydrogens (tertiary/aromatic N) is 3. The number of oxime groups is 1. The molecule has 0 aliphatic heterocycles. The molecule has 1 atom stereocenters. The van der Waals surface area contributed by atoms with Crippen LogP contribution in [0.2, 0.25) is 5.02 Å². The average Bonchev–Trinajstić information content (AvgIpc) is 2.89. The van der Waals surface area contributed by atoms with Crippen LogP contribution in [-0.4, -0.2) is 55.8 Å². The highest BCUT2D eigenvalue weighted by Gasteiger charge is 2.22. The number of halogens is 1. The first kappa shape index (κ1) is 26.5. The normalized spacial score (nSPS) is 11.9. The third-order valence-corrected chi connectivity index (χ3v) is 5.35. The summed E-state index contributed by atoms with van der Waals surface area (Å²) in [5.41, 5.74) is 2.70. The summed E-state index contributed by atoms with van der Waals surface area (Å²) < 4.78 is 11.6.